The number of nitrogens with zero attached hydrogens (tertiary/aromatic N) is 4. The van der Waals surface area contributed by atoms with Crippen molar-refractivity contribution in [3.63, 3.8) is 0 Å². The lowest BCUT2D eigenvalue weighted by Crippen LogP contribution is -2.48. The van der Waals surface area contributed by atoms with Crippen molar-refractivity contribution < 1.29 is 19.5 Å². The van der Waals surface area contributed by atoms with Crippen LogP contribution in [-0.2, 0) is 4.79 Å². The van der Waals surface area contributed by atoms with Gasteiger partial charge in [-0.1, -0.05) is 0 Å². The quantitative estimate of drug-likeness (QED) is 0.385. The molecule has 3 amide bonds. The number of hydrogen-bond donors (Lipinski definition) is 5. The summed E-state index contributed by atoms with van der Waals surface area (Å²) in [7, 11) is 0. The fourth-order valence-electron chi connectivity index (χ4n) is 4.65. The zero-order valence-corrected chi connectivity index (χ0v) is 20.2. The molecule has 12 nitrogen and oxygen atoms in total. The van der Waals surface area contributed by atoms with Crippen LogP contribution in [0, 0.1) is 0 Å². The molecule has 1 aliphatic heterocycles. The average molecular weight is 497 g/mol. The first kappa shape index (κ1) is 25.0. The van der Waals surface area contributed by atoms with Crippen molar-refractivity contribution in [1.82, 2.24) is 20.2 Å². The van der Waals surface area contributed by atoms with Gasteiger partial charge in [0, 0.05) is 62.8 Å². The Bertz CT molecular complexity index is 1090. The van der Waals surface area contributed by atoms with Crippen LogP contribution in [-0.4, -0.2) is 76.1 Å². The fraction of sp³-hybridized carbons (Fsp3) is 0.458. The van der Waals surface area contributed by atoms with Crippen LogP contribution in [0.4, 0.5) is 27.9 Å². The average Bonchev–Trinajstić information content (AvgIpc) is 2.85. The van der Waals surface area contributed by atoms with E-state index in [0.29, 0.717) is 37.7 Å². The molecule has 0 bridgehead atoms. The number of nitrogens with two attached hydrogens (primary N) is 1. The van der Waals surface area contributed by atoms with Crippen LogP contribution in [0.2, 0.25) is 0 Å². The maximum Gasteiger partial charge on any atom is 0.404 e. The minimum absolute atomic E-state index is 0.0421. The van der Waals surface area contributed by atoms with E-state index in [1.807, 2.05) is 29.2 Å². The van der Waals surface area contributed by atoms with Gasteiger partial charge in [-0.2, -0.15) is 4.98 Å². The largest absolute Gasteiger partial charge is 0.465 e. The Morgan fingerprint density at radius 3 is 2.22 bits per heavy atom. The van der Waals surface area contributed by atoms with Gasteiger partial charge in [-0.05, 0) is 49.9 Å². The number of piperazine rings is 1. The number of hydrogen-bond acceptors (Lipinski definition) is 8. The van der Waals surface area contributed by atoms with E-state index in [1.54, 1.807) is 6.92 Å². The molecule has 0 radical (unpaired) electrons. The number of amides is 3. The molecule has 0 spiro atoms. The normalized spacial score (nSPS) is 19.9. The zero-order chi connectivity index (χ0) is 25.7. The molecule has 0 unspecified atom stereocenters. The van der Waals surface area contributed by atoms with E-state index >= 15 is 0 Å². The topological polar surface area (TPSA) is 166 Å². The zero-order valence-electron chi connectivity index (χ0n) is 20.2. The third kappa shape index (κ3) is 6.32. The van der Waals surface area contributed by atoms with E-state index in [2.05, 4.69) is 30.8 Å². The predicted octanol–water partition coefficient (Wildman–Crippen LogP) is 1.98. The SMILES string of the molecule is CC(=O)N1CCN(c2ccc(Nc3ncc(C(N)=O)c(NC4CCC(NC(=O)O)CC4)n3)cc2)CC1. The van der Waals surface area contributed by atoms with Crippen molar-refractivity contribution in [2.45, 2.75) is 44.7 Å². The molecule has 2 heterocycles. The Hall–Kier alpha value is -4.09. The molecule has 192 valence electrons. The molecular weight excluding hydrogens is 464 g/mol. The molecule has 1 aliphatic carbocycles. The smallest absolute Gasteiger partial charge is 0.404 e. The Morgan fingerprint density at radius 2 is 1.64 bits per heavy atom. The molecular formula is C24H32N8O4. The molecule has 0 atom stereocenters. The summed E-state index contributed by atoms with van der Waals surface area (Å²) in [5.41, 5.74) is 7.60. The van der Waals surface area contributed by atoms with Crippen molar-refractivity contribution in [1.29, 1.82) is 0 Å². The fourth-order valence-corrected chi connectivity index (χ4v) is 4.65. The Labute approximate surface area is 209 Å². The van der Waals surface area contributed by atoms with Gasteiger partial charge in [-0.3, -0.25) is 9.59 Å². The number of primary amides is 1. The summed E-state index contributed by atoms with van der Waals surface area (Å²) in [5, 5.41) is 17.9. The highest BCUT2D eigenvalue weighted by atomic mass is 16.4. The summed E-state index contributed by atoms with van der Waals surface area (Å²) < 4.78 is 0. The lowest BCUT2D eigenvalue weighted by molar-refractivity contribution is -0.129. The van der Waals surface area contributed by atoms with E-state index in [1.165, 1.54) is 6.20 Å². The maximum absolute atomic E-state index is 11.9. The summed E-state index contributed by atoms with van der Waals surface area (Å²) in [6, 6.07) is 7.85. The first-order valence-electron chi connectivity index (χ1n) is 12.1. The monoisotopic (exact) mass is 496 g/mol. The van der Waals surface area contributed by atoms with Crippen LogP contribution in [0.1, 0.15) is 43.0 Å². The lowest BCUT2D eigenvalue weighted by atomic mass is 9.91. The highest BCUT2D eigenvalue weighted by Gasteiger charge is 2.24. The number of carboxylic acid groups (broad SMARTS) is 1. The van der Waals surface area contributed by atoms with Crippen LogP contribution in [0.15, 0.2) is 30.5 Å². The molecule has 1 aromatic heterocycles. The molecule has 2 aliphatic rings. The van der Waals surface area contributed by atoms with Gasteiger partial charge in [-0.25, -0.2) is 9.78 Å². The van der Waals surface area contributed by atoms with Gasteiger partial charge in [0.05, 0.1) is 5.56 Å². The molecule has 2 fully saturated rings. The van der Waals surface area contributed by atoms with Crippen molar-refractivity contribution in [2.24, 2.45) is 5.73 Å². The minimum atomic E-state index is -1.02. The predicted molar refractivity (Wildman–Crippen MR) is 136 cm³/mol. The highest BCUT2D eigenvalue weighted by Crippen LogP contribution is 2.25. The number of aromatic nitrogens is 2. The second-order valence-electron chi connectivity index (χ2n) is 9.13. The Morgan fingerprint density at radius 1 is 1.00 bits per heavy atom. The Balaban J connectivity index is 1.39. The Kier molecular flexibility index (Phi) is 7.71. The number of carbonyl (C=O) groups is 3. The van der Waals surface area contributed by atoms with Gasteiger partial charge in [0.25, 0.3) is 5.91 Å². The summed E-state index contributed by atoms with van der Waals surface area (Å²) in [6.07, 6.45) is 3.25. The standard InChI is InChI=1S/C24H32N8O4/c1-15(33)31-10-12-32(13-11-31)19-8-6-17(7-9-19)28-23-26-14-20(21(25)34)22(30-23)27-16-2-4-18(5-3-16)29-24(35)36/h6-9,14,16,18,29H,2-5,10-13H2,1H3,(H2,25,34)(H,35,36)(H2,26,27,28,30). The van der Waals surface area contributed by atoms with Crippen LogP contribution in [0.25, 0.3) is 0 Å². The number of rotatable bonds is 7. The van der Waals surface area contributed by atoms with Gasteiger partial charge >= 0.3 is 6.09 Å². The molecule has 12 heteroatoms. The van der Waals surface area contributed by atoms with Crippen molar-refractivity contribution in [2.75, 3.05) is 41.7 Å². The van der Waals surface area contributed by atoms with E-state index in [4.69, 9.17) is 10.8 Å². The third-order valence-corrected chi connectivity index (χ3v) is 6.66. The minimum Gasteiger partial charge on any atom is -0.465 e. The second-order valence-corrected chi connectivity index (χ2v) is 9.13. The van der Waals surface area contributed by atoms with Crippen molar-refractivity contribution in [3.05, 3.63) is 36.0 Å². The summed E-state index contributed by atoms with van der Waals surface area (Å²) in [4.78, 5) is 47.2. The van der Waals surface area contributed by atoms with E-state index in [-0.39, 0.29) is 23.6 Å². The van der Waals surface area contributed by atoms with Crippen LogP contribution >= 0.6 is 0 Å². The van der Waals surface area contributed by atoms with Crippen molar-refractivity contribution >= 4 is 41.0 Å². The first-order valence-corrected chi connectivity index (χ1v) is 12.1. The van der Waals surface area contributed by atoms with Gasteiger partial charge < -0.3 is 36.6 Å². The van der Waals surface area contributed by atoms with E-state index in [9.17, 15) is 14.4 Å². The van der Waals surface area contributed by atoms with Crippen LogP contribution < -0.4 is 26.6 Å². The van der Waals surface area contributed by atoms with Crippen LogP contribution in [0.3, 0.4) is 0 Å². The molecule has 4 rings (SSSR count). The first-order chi connectivity index (χ1) is 17.3. The second kappa shape index (κ2) is 11.1. The third-order valence-electron chi connectivity index (χ3n) is 6.66. The molecule has 36 heavy (non-hydrogen) atoms. The van der Waals surface area contributed by atoms with Gasteiger partial charge in [0.1, 0.15) is 5.82 Å². The van der Waals surface area contributed by atoms with E-state index < -0.39 is 12.0 Å². The van der Waals surface area contributed by atoms with Gasteiger partial charge in [0.15, 0.2) is 0 Å². The number of carbonyl (C=O) groups excluding carboxylic acids is 2. The number of anilines is 4. The van der Waals surface area contributed by atoms with E-state index in [0.717, 1.165) is 37.3 Å². The van der Waals surface area contributed by atoms with Crippen molar-refractivity contribution in [3.8, 4) is 0 Å². The molecule has 1 saturated heterocycles. The molecule has 2 aromatic rings. The molecule has 1 saturated carbocycles. The summed E-state index contributed by atoms with van der Waals surface area (Å²) in [6.45, 7) is 4.59. The summed E-state index contributed by atoms with van der Waals surface area (Å²) in [5.74, 6) is 0.161. The maximum atomic E-state index is 11.9. The van der Waals surface area contributed by atoms with Gasteiger partial charge in [-0.15, -0.1) is 0 Å². The highest BCUT2D eigenvalue weighted by molar-refractivity contribution is 5.97. The summed E-state index contributed by atoms with van der Waals surface area (Å²) >= 11 is 0. The van der Waals surface area contributed by atoms with Crippen LogP contribution in [0.5, 0.6) is 0 Å². The molecule has 1 aromatic carbocycles. The number of benzene rings is 1. The molecule has 6 N–H and O–H groups in total. The number of nitrogens with one attached hydrogen (secondary N) is 3. The lowest BCUT2D eigenvalue weighted by Gasteiger charge is -2.35. The van der Waals surface area contributed by atoms with Gasteiger partial charge in [0.2, 0.25) is 11.9 Å².